The number of furan rings is 1. The Balaban J connectivity index is 1.41. The Bertz CT molecular complexity index is 1720. The third-order valence-corrected chi connectivity index (χ3v) is 7.07. The van der Waals surface area contributed by atoms with Gasteiger partial charge in [-0.15, -0.1) is 11.3 Å². The highest BCUT2D eigenvalue weighted by atomic mass is 35.5. The lowest BCUT2D eigenvalue weighted by Gasteiger charge is -2.08. The summed E-state index contributed by atoms with van der Waals surface area (Å²) >= 11 is 7.43. The Morgan fingerprint density at radius 1 is 0.857 bits per heavy atom. The van der Waals surface area contributed by atoms with E-state index in [1.807, 2.05) is 72.1 Å². The van der Waals surface area contributed by atoms with Crippen molar-refractivity contribution in [2.24, 2.45) is 0 Å². The lowest BCUT2D eigenvalue weighted by Crippen LogP contribution is -1.86. The van der Waals surface area contributed by atoms with Crippen LogP contribution >= 0.6 is 22.9 Å². The molecule has 5 heteroatoms. The molecule has 0 N–H and O–H groups in total. The normalized spacial score (nSPS) is 11.7. The molecule has 0 aliphatic rings. The van der Waals surface area contributed by atoms with Gasteiger partial charge in [-0.3, -0.25) is 0 Å². The first-order valence-corrected chi connectivity index (χ1v) is 12.3. The minimum absolute atomic E-state index is 0.521. The van der Waals surface area contributed by atoms with Crippen molar-refractivity contribution in [1.82, 2.24) is 4.98 Å². The van der Waals surface area contributed by atoms with Crippen molar-refractivity contribution in [3.63, 3.8) is 0 Å². The number of allylic oxidation sites excluding steroid dienone is 1. The van der Waals surface area contributed by atoms with Crippen molar-refractivity contribution in [3.8, 4) is 28.8 Å². The summed E-state index contributed by atoms with van der Waals surface area (Å²) in [6.07, 6.45) is 1.95. The molecule has 0 aliphatic heterocycles. The number of hydrogen-bond acceptors (Lipinski definition) is 4. The van der Waals surface area contributed by atoms with Gasteiger partial charge in [0.2, 0.25) is 0 Å². The predicted octanol–water partition coefficient (Wildman–Crippen LogP) is 9.09. The van der Waals surface area contributed by atoms with Gasteiger partial charge < -0.3 is 4.42 Å². The molecule has 35 heavy (non-hydrogen) atoms. The molecule has 0 atom stereocenters. The number of aromatic nitrogens is 1. The summed E-state index contributed by atoms with van der Waals surface area (Å²) < 4.78 is 6.05. The molecule has 0 saturated heterocycles. The van der Waals surface area contributed by atoms with Gasteiger partial charge in [0.15, 0.2) is 5.76 Å². The third kappa shape index (κ3) is 4.02. The molecule has 0 fully saturated rings. The van der Waals surface area contributed by atoms with E-state index in [1.165, 1.54) is 11.3 Å². The molecule has 0 aliphatic carbocycles. The summed E-state index contributed by atoms with van der Waals surface area (Å²) in [6.45, 7) is 0. The van der Waals surface area contributed by atoms with Crippen molar-refractivity contribution in [1.29, 1.82) is 5.26 Å². The minimum Gasteiger partial charge on any atom is -0.454 e. The quantitative estimate of drug-likeness (QED) is 0.183. The maximum Gasteiger partial charge on any atom is 0.154 e. The van der Waals surface area contributed by atoms with E-state index in [-0.39, 0.29) is 0 Å². The van der Waals surface area contributed by atoms with Crippen molar-refractivity contribution in [2.45, 2.75) is 0 Å². The van der Waals surface area contributed by atoms with Crippen molar-refractivity contribution < 1.29 is 4.42 Å². The Labute approximate surface area is 211 Å². The molecule has 3 nitrogen and oxygen atoms in total. The maximum atomic E-state index is 10.1. The highest BCUT2D eigenvalue weighted by molar-refractivity contribution is 7.11. The Morgan fingerprint density at radius 2 is 1.51 bits per heavy atom. The average molecular weight is 489 g/mol. The number of hydrogen-bond donors (Lipinski definition) is 0. The predicted molar refractivity (Wildman–Crippen MR) is 145 cm³/mol. The lowest BCUT2D eigenvalue weighted by atomic mass is 9.95. The number of nitriles is 1. The molecule has 0 saturated carbocycles. The summed E-state index contributed by atoms with van der Waals surface area (Å²) in [4.78, 5) is 4.74. The molecule has 0 amide bonds. The standard InChI is InChI=1S/C30H17ClN2OS/c31-23-11-9-19(10-12-23)28-13-14-29(34-28)27-18-35-30(33-27)22(17-32)16-26-24-7-3-1-5-20(24)15-21-6-2-4-8-25(21)26/h1-16,18H. The first kappa shape index (κ1) is 21.4. The van der Waals surface area contributed by atoms with Crippen LogP contribution in [0.5, 0.6) is 0 Å². The molecule has 6 aromatic rings. The monoisotopic (exact) mass is 488 g/mol. The van der Waals surface area contributed by atoms with E-state index >= 15 is 0 Å². The maximum absolute atomic E-state index is 10.1. The van der Waals surface area contributed by atoms with E-state index in [2.05, 4.69) is 36.4 Å². The highest BCUT2D eigenvalue weighted by Gasteiger charge is 2.14. The second-order valence-electron chi connectivity index (χ2n) is 8.11. The van der Waals surface area contributed by atoms with Crippen LogP contribution in [0, 0.1) is 11.3 Å². The molecule has 0 radical (unpaired) electrons. The van der Waals surface area contributed by atoms with Crippen LogP contribution in [0.3, 0.4) is 0 Å². The number of halogens is 1. The van der Waals surface area contributed by atoms with Crippen LogP contribution in [0.2, 0.25) is 5.02 Å². The number of rotatable bonds is 4. The zero-order chi connectivity index (χ0) is 23.8. The number of benzene rings is 4. The van der Waals surface area contributed by atoms with Crippen LogP contribution in [0.1, 0.15) is 10.6 Å². The van der Waals surface area contributed by atoms with E-state index < -0.39 is 0 Å². The van der Waals surface area contributed by atoms with Gasteiger partial charge in [0.1, 0.15) is 22.5 Å². The van der Waals surface area contributed by atoms with E-state index in [4.69, 9.17) is 21.0 Å². The smallest absolute Gasteiger partial charge is 0.154 e. The van der Waals surface area contributed by atoms with E-state index in [1.54, 1.807) is 0 Å². The molecule has 2 aromatic heterocycles. The molecule has 0 bridgehead atoms. The van der Waals surface area contributed by atoms with E-state index in [0.717, 1.165) is 38.4 Å². The number of nitrogens with zero attached hydrogens (tertiary/aromatic N) is 2. The topological polar surface area (TPSA) is 49.8 Å². The number of fused-ring (bicyclic) bond motifs is 2. The first-order chi connectivity index (χ1) is 17.2. The van der Waals surface area contributed by atoms with Gasteiger partial charge in [-0.05, 0) is 75.6 Å². The van der Waals surface area contributed by atoms with E-state index in [9.17, 15) is 5.26 Å². The molecular weight excluding hydrogens is 472 g/mol. The molecular formula is C30H17ClN2OS. The molecule has 4 aromatic carbocycles. The SMILES string of the molecule is N#CC(=Cc1c2ccccc2cc2ccccc12)c1nc(-c2ccc(-c3ccc(Cl)cc3)o2)cs1. The van der Waals surface area contributed by atoms with Gasteiger partial charge in [-0.25, -0.2) is 4.98 Å². The largest absolute Gasteiger partial charge is 0.454 e. The van der Waals surface area contributed by atoms with Gasteiger partial charge >= 0.3 is 0 Å². The van der Waals surface area contributed by atoms with Crippen LogP contribution in [-0.4, -0.2) is 4.98 Å². The molecule has 2 heterocycles. The second kappa shape index (κ2) is 8.88. The molecule has 0 spiro atoms. The van der Waals surface area contributed by atoms with Gasteiger partial charge in [-0.1, -0.05) is 60.1 Å². The first-order valence-electron chi connectivity index (χ1n) is 11.0. The highest BCUT2D eigenvalue weighted by Crippen LogP contribution is 2.34. The minimum atomic E-state index is 0.521. The second-order valence-corrected chi connectivity index (χ2v) is 9.41. The fourth-order valence-corrected chi connectivity index (χ4v) is 5.15. The van der Waals surface area contributed by atoms with Gasteiger partial charge in [0.05, 0.1) is 5.57 Å². The van der Waals surface area contributed by atoms with Gasteiger partial charge in [-0.2, -0.15) is 5.26 Å². The molecule has 6 rings (SSSR count). The Hall–Kier alpha value is -4.17. The lowest BCUT2D eigenvalue weighted by molar-refractivity contribution is 0.595. The summed E-state index contributed by atoms with van der Waals surface area (Å²) in [5, 5.41) is 17.8. The van der Waals surface area contributed by atoms with Gasteiger partial charge in [0, 0.05) is 16.0 Å². The van der Waals surface area contributed by atoms with Gasteiger partial charge in [0.25, 0.3) is 0 Å². The zero-order valence-electron chi connectivity index (χ0n) is 18.4. The zero-order valence-corrected chi connectivity index (χ0v) is 20.0. The Morgan fingerprint density at radius 3 is 2.20 bits per heavy atom. The summed E-state index contributed by atoms with van der Waals surface area (Å²) in [5.41, 5.74) is 3.19. The average Bonchev–Trinajstić information content (AvgIpc) is 3.57. The third-order valence-electron chi connectivity index (χ3n) is 5.94. The van der Waals surface area contributed by atoms with Crippen LogP contribution in [0.15, 0.2) is 101 Å². The fraction of sp³-hybridized carbons (Fsp3) is 0. The Kier molecular flexibility index (Phi) is 5.42. The molecule has 166 valence electrons. The van der Waals surface area contributed by atoms with Crippen LogP contribution in [0.4, 0.5) is 0 Å². The number of thiazole rings is 1. The van der Waals surface area contributed by atoms with Crippen molar-refractivity contribution in [3.05, 3.63) is 112 Å². The van der Waals surface area contributed by atoms with Crippen molar-refractivity contribution in [2.75, 3.05) is 0 Å². The summed E-state index contributed by atoms with van der Waals surface area (Å²) in [6, 6.07) is 32.4. The van der Waals surface area contributed by atoms with Crippen LogP contribution in [0.25, 0.3) is 56.0 Å². The van der Waals surface area contributed by atoms with E-state index in [0.29, 0.717) is 27.1 Å². The fourth-order valence-electron chi connectivity index (χ4n) is 4.25. The van der Waals surface area contributed by atoms with Crippen LogP contribution in [-0.2, 0) is 0 Å². The summed E-state index contributed by atoms with van der Waals surface area (Å²) in [7, 11) is 0. The van der Waals surface area contributed by atoms with Crippen molar-refractivity contribution >= 4 is 56.1 Å². The molecule has 0 unspecified atom stereocenters. The summed E-state index contributed by atoms with van der Waals surface area (Å²) in [5.74, 6) is 1.40. The van der Waals surface area contributed by atoms with Crippen LogP contribution < -0.4 is 0 Å².